The van der Waals surface area contributed by atoms with Crippen molar-refractivity contribution in [2.24, 2.45) is 7.05 Å². The average Bonchev–Trinajstić information content (AvgIpc) is 3.13. The smallest absolute Gasteiger partial charge is 0.407 e. The van der Waals surface area contributed by atoms with E-state index in [-0.39, 0.29) is 35.8 Å². The molecule has 38 heavy (non-hydrogen) atoms. The second-order valence-corrected chi connectivity index (χ2v) is 10.2. The molecule has 2 aliphatic carbocycles. The number of aryl methyl sites for hydroxylation is 1. The molecule has 0 saturated heterocycles. The van der Waals surface area contributed by atoms with Gasteiger partial charge in [0.1, 0.15) is 30.5 Å². The number of halogens is 3. The number of ether oxygens (including phenoxy) is 2. The van der Waals surface area contributed by atoms with Gasteiger partial charge in [-0.3, -0.25) is 14.0 Å². The lowest BCUT2D eigenvalue weighted by molar-refractivity contribution is 0.0583. The Labute approximate surface area is 216 Å². The molecule has 2 fully saturated rings. The minimum atomic E-state index is -2.73. The van der Waals surface area contributed by atoms with E-state index in [1.807, 2.05) is 6.92 Å². The summed E-state index contributed by atoms with van der Waals surface area (Å²) < 4.78 is 56.8. The summed E-state index contributed by atoms with van der Waals surface area (Å²) in [4.78, 5) is 43.3. The van der Waals surface area contributed by atoms with E-state index < -0.39 is 58.6 Å². The first-order chi connectivity index (χ1) is 17.9. The molecule has 2 heterocycles. The number of alkyl carbamates (subject to hydrolysis) is 1. The van der Waals surface area contributed by atoms with Crippen molar-refractivity contribution in [3.05, 3.63) is 23.5 Å². The van der Waals surface area contributed by atoms with Gasteiger partial charge in [0.15, 0.2) is 6.61 Å². The normalized spacial score (nSPS) is 22.1. The predicted molar refractivity (Wildman–Crippen MR) is 125 cm³/mol. The van der Waals surface area contributed by atoms with Gasteiger partial charge in [-0.2, -0.15) is 5.10 Å². The summed E-state index contributed by atoms with van der Waals surface area (Å²) >= 11 is 0. The number of nitrogens with one attached hydrogen (secondary N) is 2. The van der Waals surface area contributed by atoms with Crippen LogP contribution in [0.4, 0.5) is 23.8 Å². The Morgan fingerprint density at radius 1 is 1.26 bits per heavy atom. The third-order valence-corrected chi connectivity index (χ3v) is 6.64. The largest absolute Gasteiger partial charge is 0.471 e. The molecule has 0 radical (unpaired) electrons. The van der Waals surface area contributed by atoms with Crippen molar-refractivity contribution < 1.29 is 46.5 Å². The molecule has 0 bridgehead atoms. The Kier molecular flexibility index (Phi) is 8.45. The van der Waals surface area contributed by atoms with E-state index in [1.54, 1.807) is 0 Å². The number of aromatic nitrogens is 4. The van der Waals surface area contributed by atoms with Gasteiger partial charge >= 0.3 is 14.7 Å². The molecule has 0 spiro atoms. The van der Waals surface area contributed by atoms with Gasteiger partial charge in [0.05, 0.1) is 5.69 Å². The van der Waals surface area contributed by atoms with E-state index in [9.17, 15) is 22.8 Å². The van der Waals surface area contributed by atoms with Crippen LogP contribution in [0.2, 0.25) is 0 Å². The van der Waals surface area contributed by atoms with Crippen molar-refractivity contribution >= 4 is 26.4 Å². The Morgan fingerprint density at radius 2 is 2.00 bits per heavy atom. The molecule has 210 valence electrons. The number of nitrogens with zero attached hydrogens (tertiary/aromatic N) is 4. The molecule has 2 amide bonds. The van der Waals surface area contributed by atoms with E-state index in [1.165, 1.54) is 19.2 Å². The molecule has 3 atom stereocenters. The number of alkyl halides is 3. The van der Waals surface area contributed by atoms with Gasteiger partial charge in [0, 0.05) is 30.6 Å². The summed E-state index contributed by atoms with van der Waals surface area (Å²) in [5.74, 6) is -1.26. The highest BCUT2D eigenvalue weighted by atomic mass is 31.2. The molecule has 13 nitrogen and oxygen atoms in total. The maximum absolute atomic E-state index is 14.7. The third kappa shape index (κ3) is 7.12. The van der Waals surface area contributed by atoms with Crippen LogP contribution in [-0.2, 0) is 23.0 Å². The van der Waals surface area contributed by atoms with Gasteiger partial charge in [0.25, 0.3) is 12.3 Å². The lowest BCUT2D eigenvalue weighted by Gasteiger charge is -2.17. The zero-order chi connectivity index (χ0) is 27.6. The summed E-state index contributed by atoms with van der Waals surface area (Å²) in [6, 6.07) is 2.64. The minimum Gasteiger partial charge on any atom is -0.471 e. The van der Waals surface area contributed by atoms with Gasteiger partial charge in [-0.1, -0.05) is 0 Å². The number of anilines is 1. The molecule has 17 heteroatoms. The van der Waals surface area contributed by atoms with E-state index in [0.29, 0.717) is 5.69 Å². The molecule has 3 unspecified atom stereocenters. The summed E-state index contributed by atoms with van der Waals surface area (Å²) in [5, 5.41) is 13.5. The van der Waals surface area contributed by atoms with E-state index in [0.717, 1.165) is 22.2 Å². The van der Waals surface area contributed by atoms with Crippen LogP contribution in [0.1, 0.15) is 54.7 Å². The van der Waals surface area contributed by atoms with Gasteiger partial charge in [-0.25, -0.2) is 22.6 Å². The number of hydrogen-bond acceptors (Lipinski definition) is 9. The standard InChI is InChI=1S/C21H28F3N6O7P/c1-21(3-4-21)26-20(32)37-15-6-11(5-12(15)22)13-7-17(30(27-13)10-36-38(33)34)25-19(31)14-8-18(28-29(14)2)35-9-16(23)24/h7-8,11-12,15-16,33-34H,3-6,9-10H2,1-2H3,(H,25,31)(H,26,32). The fraction of sp³-hybridized carbons (Fsp3) is 0.619. The van der Waals surface area contributed by atoms with Crippen LogP contribution in [0.5, 0.6) is 5.88 Å². The Hall–Kier alpha value is -2.94. The van der Waals surface area contributed by atoms with Crippen LogP contribution < -0.4 is 15.4 Å². The molecule has 0 aliphatic heterocycles. The van der Waals surface area contributed by atoms with Gasteiger partial charge in [-0.15, -0.1) is 5.10 Å². The first kappa shape index (κ1) is 28.1. The highest BCUT2D eigenvalue weighted by molar-refractivity contribution is 7.39. The van der Waals surface area contributed by atoms with Crippen LogP contribution in [0.25, 0.3) is 0 Å². The number of hydrogen-bond donors (Lipinski definition) is 4. The summed E-state index contributed by atoms with van der Waals surface area (Å²) in [7, 11) is -1.32. The molecule has 4 rings (SSSR count). The molecule has 2 aliphatic rings. The minimum absolute atomic E-state index is 0.0136. The lowest BCUT2D eigenvalue weighted by Crippen LogP contribution is -2.38. The van der Waals surface area contributed by atoms with Gasteiger partial charge < -0.3 is 29.9 Å². The molecule has 0 aromatic carbocycles. The highest BCUT2D eigenvalue weighted by Gasteiger charge is 2.43. The molecule has 2 aromatic heterocycles. The van der Waals surface area contributed by atoms with Crippen LogP contribution in [-0.4, -0.2) is 72.2 Å². The summed E-state index contributed by atoms with van der Waals surface area (Å²) in [6.45, 7) is 0.533. The van der Waals surface area contributed by atoms with Gasteiger partial charge in [-0.05, 0) is 32.6 Å². The van der Waals surface area contributed by atoms with Crippen molar-refractivity contribution in [1.29, 1.82) is 0 Å². The summed E-state index contributed by atoms with van der Waals surface area (Å²) in [5.41, 5.74) is 0.0258. The van der Waals surface area contributed by atoms with E-state index in [4.69, 9.17) is 23.8 Å². The predicted octanol–water partition coefficient (Wildman–Crippen LogP) is 2.56. The summed E-state index contributed by atoms with van der Waals surface area (Å²) in [6.07, 6.45) is -3.99. The highest BCUT2D eigenvalue weighted by Crippen LogP contribution is 2.39. The molecule has 4 N–H and O–H groups in total. The van der Waals surface area contributed by atoms with Gasteiger partial charge in [0.2, 0.25) is 5.88 Å². The van der Waals surface area contributed by atoms with E-state index in [2.05, 4.69) is 20.8 Å². The number of carbonyl (C=O) groups excluding carboxylic acids is 2. The average molecular weight is 564 g/mol. The Morgan fingerprint density at radius 3 is 2.66 bits per heavy atom. The first-order valence-electron chi connectivity index (χ1n) is 11.7. The Bertz CT molecular complexity index is 1160. The second kappa shape index (κ2) is 11.4. The third-order valence-electron chi connectivity index (χ3n) is 6.29. The second-order valence-electron chi connectivity index (χ2n) is 9.43. The van der Waals surface area contributed by atoms with Crippen molar-refractivity contribution in [1.82, 2.24) is 24.9 Å². The molecule has 2 aromatic rings. The zero-order valence-electron chi connectivity index (χ0n) is 20.5. The number of rotatable bonds is 11. The molecular formula is C21H28F3N6O7P. The number of carbonyl (C=O) groups is 2. The van der Waals surface area contributed by atoms with Crippen LogP contribution >= 0.6 is 8.60 Å². The first-order valence-corrected chi connectivity index (χ1v) is 12.9. The number of amides is 2. The Balaban J connectivity index is 1.46. The molecular weight excluding hydrogens is 536 g/mol. The van der Waals surface area contributed by atoms with Crippen molar-refractivity contribution in [2.75, 3.05) is 11.9 Å². The SMILES string of the molecule is Cn1nc(OCC(F)F)cc1C(=O)Nc1cc(C2CC(F)C(OC(=O)NC3(C)CC3)C2)nn1COP(O)O. The van der Waals surface area contributed by atoms with Crippen molar-refractivity contribution in [3.8, 4) is 5.88 Å². The zero-order valence-corrected chi connectivity index (χ0v) is 21.4. The monoisotopic (exact) mass is 564 g/mol. The quantitative estimate of drug-likeness (QED) is 0.301. The van der Waals surface area contributed by atoms with Crippen molar-refractivity contribution in [3.63, 3.8) is 0 Å². The van der Waals surface area contributed by atoms with Crippen LogP contribution in [0.15, 0.2) is 12.1 Å². The lowest BCUT2D eigenvalue weighted by atomic mass is 10.0. The fourth-order valence-electron chi connectivity index (χ4n) is 4.03. The van der Waals surface area contributed by atoms with Crippen LogP contribution in [0, 0.1) is 0 Å². The van der Waals surface area contributed by atoms with Crippen molar-refractivity contribution in [2.45, 2.75) is 69.5 Å². The fourth-order valence-corrected chi connectivity index (χ4v) is 4.24. The maximum Gasteiger partial charge on any atom is 0.407 e. The maximum atomic E-state index is 14.7. The topological polar surface area (TPSA) is 162 Å². The molecule has 2 saturated carbocycles. The van der Waals surface area contributed by atoms with Crippen LogP contribution in [0.3, 0.4) is 0 Å². The van der Waals surface area contributed by atoms with E-state index >= 15 is 0 Å².